The SMILES string of the molecule is CCCCCc1cc(C2=C[C@@H](OC(CC)CC)[C@H](NC(C)=O)[C@@H](N)C2)no1. The molecule has 0 saturated heterocycles. The Morgan fingerprint density at radius 1 is 1.37 bits per heavy atom. The summed E-state index contributed by atoms with van der Waals surface area (Å²) in [7, 11) is 0. The second kappa shape index (κ2) is 10.6. The number of ether oxygens (including phenoxy) is 1. The summed E-state index contributed by atoms with van der Waals surface area (Å²) in [6.45, 7) is 7.91. The fourth-order valence-corrected chi connectivity index (χ4v) is 3.57. The minimum absolute atomic E-state index is 0.0925. The molecule has 1 aliphatic rings. The number of carbonyl (C=O) groups excluding carboxylic acids is 1. The van der Waals surface area contributed by atoms with Crippen molar-refractivity contribution in [3.8, 4) is 0 Å². The molecule has 27 heavy (non-hydrogen) atoms. The number of unbranched alkanes of at least 4 members (excludes halogenated alkanes) is 2. The molecule has 152 valence electrons. The van der Waals surface area contributed by atoms with Gasteiger partial charge in [0.1, 0.15) is 11.5 Å². The molecule has 0 unspecified atom stereocenters. The van der Waals surface area contributed by atoms with Crippen LogP contribution in [0.3, 0.4) is 0 Å². The number of carbonyl (C=O) groups is 1. The highest BCUT2D eigenvalue weighted by Crippen LogP contribution is 2.29. The van der Waals surface area contributed by atoms with E-state index in [1.807, 2.05) is 6.07 Å². The van der Waals surface area contributed by atoms with Crippen molar-refractivity contribution in [3.63, 3.8) is 0 Å². The maximum Gasteiger partial charge on any atom is 0.217 e. The molecular formula is C21H35N3O3. The topological polar surface area (TPSA) is 90.4 Å². The number of amides is 1. The van der Waals surface area contributed by atoms with Crippen molar-refractivity contribution in [2.45, 2.75) is 96.9 Å². The molecule has 2 rings (SSSR count). The van der Waals surface area contributed by atoms with Gasteiger partial charge in [0, 0.05) is 25.5 Å². The molecule has 0 aliphatic heterocycles. The highest BCUT2D eigenvalue weighted by molar-refractivity contribution is 5.74. The molecule has 6 nitrogen and oxygen atoms in total. The van der Waals surface area contributed by atoms with Crippen molar-refractivity contribution in [1.29, 1.82) is 0 Å². The second-order valence-corrected chi connectivity index (χ2v) is 7.46. The normalized spacial score (nSPS) is 22.7. The molecular weight excluding hydrogens is 342 g/mol. The molecule has 1 aliphatic carbocycles. The number of nitrogens with one attached hydrogen (secondary N) is 1. The highest BCUT2D eigenvalue weighted by atomic mass is 16.5. The summed E-state index contributed by atoms with van der Waals surface area (Å²) in [5, 5.41) is 7.22. The summed E-state index contributed by atoms with van der Waals surface area (Å²) in [5.41, 5.74) is 8.28. The van der Waals surface area contributed by atoms with E-state index < -0.39 is 0 Å². The van der Waals surface area contributed by atoms with Crippen LogP contribution in [0.2, 0.25) is 0 Å². The molecule has 0 fully saturated rings. The lowest BCUT2D eigenvalue weighted by Crippen LogP contribution is -2.56. The Bertz CT molecular complexity index is 622. The lowest BCUT2D eigenvalue weighted by atomic mass is 9.86. The summed E-state index contributed by atoms with van der Waals surface area (Å²) in [5.74, 6) is 0.819. The number of hydrogen-bond acceptors (Lipinski definition) is 5. The number of aryl methyl sites for hydroxylation is 1. The maximum atomic E-state index is 11.6. The van der Waals surface area contributed by atoms with Gasteiger partial charge in [-0.1, -0.05) is 38.8 Å². The van der Waals surface area contributed by atoms with Gasteiger partial charge >= 0.3 is 0 Å². The zero-order valence-electron chi connectivity index (χ0n) is 17.2. The van der Waals surface area contributed by atoms with Crippen LogP contribution in [0.25, 0.3) is 5.57 Å². The summed E-state index contributed by atoms with van der Waals surface area (Å²) in [4.78, 5) is 11.6. The van der Waals surface area contributed by atoms with Crippen LogP contribution in [-0.2, 0) is 16.0 Å². The van der Waals surface area contributed by atoms with Crippen LogP contribution >= 0.6 is 0 Å². The number of hydrogen-bond donors (Lipinski definition) is 2. The summed E-state index contributed by atoms with van der Waals surface area (Å²) < 4.78 is 11.8. The predicted octanol–water partition coefficient (Wildman–Crippen LogP) is 3.60. The molecule has 6 heteroatoms. The van der Waals surface area contributed by atoms with Crippen LogP contribution in [0.4, 0.5) is 0 Å². The summed E-state index contributed by atoms with van der Waals surface area (Å²) in [6.07, 6.45) is 8.79. The van der Waals surface area contributed by atoms with Gasteiger partial charge < -0.3 is 20.3 Å². The van der Waals surface area contributed by atoms with E-state index in [4.69, 9.17) is 15.0 Å². The van der Waals surface area contributed by atoms with Crippen LogP contribution in [0, 0.1) is 0 Å². The summed E-state index contributed by atoms with van der Waals surface area (Å²) >= 11 is 0. The van der Waals surface area contributed by atoms with Crippen LogP contribution in [0.15, 0.2) is 16.7 Å². The van der Waals surface area contributed by atoms with Crippen molar-refractivity contribution in [1.82, 2.24) is 10.5 Å². The van der Waals surface area contributed by atoms with Gasteiger partial charge in [-0.05, 0) is 37.3 Å². The van der Waals surface area contributed by atoms with Gasteiger partial charge in [0.15, 0.2) is 0 Å². The van der Waals surface area contributed by atoms with E-state index in [1.165, 1.54) is 19.8 Å². The molecule has 0 radical (unpaired) electrons. The van der Waals surface area contributed by atoms with Crippen molar-refractivity contribution in [3.05, 3.63) is 23.6 Å². The first-order valence-electron chi connectivity index (χ1n) is 10.3. The van der Waals surface area contributed by atoms with Crippen LogP contribution in [-0.4, -0.2) is 35.4 Å². The summed E-state index contributed by atoms with van der Waals surface area (Å²) in [6, 6.07) is 1.55. The third kappa shape index (κ3) is 6.18. The van der Waals surface area contributed by atoms with Gasteiger partial charge in [-0.25, -0.2) is 0 Å². The Hall–Kier alpha value is -1.66. The Balaban J connectivity index is 2.19. The monoisotopic (exact) mass is 377 g/mol. The number of aromatic nitrogens is 1. The zero-order valence-corrected chi connectivity index (χ0v) is 17.2. The van der Waals surface area contributed by atoms with Gasteiger partial charge in [-0.3, -0.25) is 4.79 Å². The standard InChI is InChI=1S/C21H35N3O3/c1-5-8-9-10-17-13-19(24-27-17)15-11-18(22)21(23-14(4)25)20(12-15)26-16(6-2)7-3/h12-13,16,18,20-21H,5-11,22H2,1-4H3,(H,23,25)/t18-,20+,21+/m0/s1. The third-order valence-electron chi connectivity index (χ3n) is 5.18. The quantitative estimate of drug-likeness (QED) is 0.608. The van der Waals surface area contributed by atoms with Crippen molar-refractivity contribution in [2.75, 3.05) is 0 Å². The van der Waals surface area contributed by atoms with Crippen LogP contribution < -0.4 is 11.1 Å². The van der Waals surface area contributed by atoms with Gasteiger partial charge in [-0.15, -0.1) is 0 Å². The number of nitrogens with zero attached hydrogens (tertiary/aromatic N) is 1. The minimum atomic E-state index is -0.266. The lowest BCUT2D eigenvalue weighted by molar-refractivity contribution is -0.121. The number of nitrogens with two attached hydrogens (primary N) is 1. The van der Waals surface area contributed by atoms with Gasteiger partial charge in [0.25, 0.3) is 0 Å². The van der Waals surface area contributed by atoms with Gasteiger partial charge in [0.2, 0.25) is 5.91 Å². The van der Waals surface area contributed by atoms with Gasteiger partial charge in [0.05, 0.1) is 18.2 Å². The Labute approximate surface area is 162 Å². The second-order valence-electron chi connectivity index (χ2n) is 7.46. The van der Waals surface area contributed by atoms with Gasteiger partial charge in [-0.2, -0.15) is 0 Å². The molecule has 1 aromatic heterocycles. The molecule has 0 saturated carbocycles. The highest BCUT2D eigenvalue weighted by Gasteiger charge is 2.34. The van der Waals surface area contributed by atoms with E-state index in [2.05, 4.69) is 37.3 Å². The van der Waals surface area contributed by atoms with Crippen LogP contribution in [0.1, 0.15) is 77.7 Å². The van der Waals surface area contributed by atoms with E-state index in [0.29, 0.717) is 6.42 Å². The number of rotatable bonds is 10. The molecule has 0 spiro atoms. The Kier molecular flexibility index (Phi) is 8.51. The lowest BCUT2D eigenvalue weighted by Gasteiger charge is -2.36. The molecule has 0 bridgehead atoms. The third-order valence-corrected chi connectivity index (χ3v) is 5.18. The molecule has 0 aromatic carbocycles. The Morgan fingerprint density at radius 2 is 2.11 bits per heavy atom. The zero-order chi connectivity index (χ0) is 19.8. The fourth-order valence-electron chi connectivity index (χ4n) is 3.57. The van der Waals surface area contributed by atoms with E-state index in [1.54, 1.807) is 0 Å². The van der Waals surface area contributed by atoms with E-state index in [-0.39, 0.29) is 30.2 Å². The van der Waals surface area contributed by atoms with E-state index in [0.717, 1.165) is 42.7 Å². The minimum Gasteiger partial charge on any atom is -0.369 e. The van der Waals surface area contributed by atoms with E-state index >= 15 is 0 Å². The van der Waals surface area contributed by atoms with E-state index in [9.17, 15) is 4.79 Å². The molecule has 3 atom stereocenters. The van der Waals surface area contributed by atoms with Crippen LogP contribution in [0.5, 0.6) is 0 Å². The van der Waals surface area contributed by atoms with Crippen molar-refractivity contribution >= 4 is 11.5 Å². The first-order chi connectivity index (χ1) is 13.0. The largest absolute Gasteiger partial charge is 0.369 e. The average Bonchev–Trinajstić information content (AvgIpc) is 3.11. The smallest absolute Gasteiger partial charge is 0.217 e. The van der Waals surface area contributed by atoms with Crippen molar-refractivity contribution in [2.24, 2.45) is 5.73 Å². The first kappa shape index (κ1) is 21.6. The molecule has 1 aromatic rings. The molecule has 1 heterocycles. The molecule has 1 amide bonds. The predicted molar refractivity (Wildman–Crippen MR) is 107 cm³/mol. The average molecular weight is 378 g/mol. The fraction of sp³-hybridized carbons (Fsp3) is 0.714. The Morgan fingerprint density at radius 3 is 2.74 bits per heavy atom. The van der Waals surface area contributed by atoms with Crippen molar-refractivity contribution < 1.29 is 14.1 Å². The first-order valence-corrected chi connectivity index (χ1v) is 10.3. The molecule has 3 N–H and O–H groups in total. The maximum absolute atomic E-state index is 11.6.